The fourth-order valence-corrected chi connectivity index (χ4v) is 51.1. The zero-order chi connectivity index (χ0) is 27.4. The van der Waals surface area contributed by atoms with Crippen molar-refractivity contribution in [2.75, 3.05) is 6.61 Å². The Kier molecular flexibility index (Phi) is 7.11. The predicted octanol–water partition coefficient (Wildman–Crippen LogP) is 2.28. The van der Waals surface area contributed by atoms with E-state index in [0.29, 0.717) is 6.42 Å². The van der Waals surface area contributed by atoms with Crippen LogP contribution in [0.2, 0.25) is 51.9 Å². The van der Waals surface area contributed by atoms with E-state index in [4.69, 9.17) is 54.1 Å². The molecule has 212 valence electrons. The minimum absolute atomic E-state index is 0.114. The Balaban J connectivity index is 1.56. The van der Waals surface area contributed by atoms with Gasteiger partial charge in [0.1, 0.15) is 4.32 Å². The first kappa shape index (κ1) is 29.7. The van der Waals surface area contributed by atoms with Gasteiger partial charge in [-0.2, -0.15) is 0 Å². The maximum absolute atomic E-state index is 12.3. The molecule has 6 aliphatic rings. The molecule has 14 nitrogen and oxygen atoms in total. The zero-order valence-corrected chi connectivity index (χ0v) is 31.8. The van der Waals surface area contributed by atoms with Gasteiger partial charge in [-0.3, -0.25) is 4.79 Å². The van der Waals surface area contributed by atoms with Gasteiger partial charge >= 0.3 is 76.4 Å². The molecule has 37 heavy (non-hydrogen) atoms. The number of hydrogen-bond donors (Lipinski definition) is 0. The molecule has 23 heteroatoms. The van der Waals surface area contributed by atoms with Crippen LogP contribution in [0.15, 0.2) is 0 Å². The van der Waals surface area contributed by atoms with Crippen LogP contribution in [-0.4, -0.2) is 87.3 Å². The lowest BCUT2D eigenvalue weighted by Crippen LogP contribution is -2.86. The van der Waals surface area contributed by atoms with Gasteiger partial charge in [-0.15, -0.1) is 0 Å². The van der Waals surface area contributed by atoms with E-state index in [2.05, 4.69) is 15.9 Å². The minimum atomic E-state index is -3.76. The number of alkyl halides is 1. The third kappa shape index (κ3) is 6.06. The van der Waals surface area contributed by atoms with Crippen molar-refractivity contribution in [3.8, 4) is 0 Å². The number of carbonyl (C=O) groups is 1. The fraction of sp³-hybridized carbons (Fsp3) is 0.929. The van der Waals surface area contributed by atoms with Gasteiger partial charge in [0.2, 0.25) is 0 Å². The number of rotatable bonds is 5. The summed E-state index contributed by atoms with van der Waals surface area (Å²) >= 11 is 3.31. The summed E-state index contributed by atoms with van der Waals surface area (Å²) in [6.45, 7) is 15.6. The maximum atomic E-state index is 12.3. The molecule has 6 saturated heterocycles. The molecule has 0 saturated carbocycles. The summed E-state index contributed by atoms with van der Waals surface area (Å²) in [7, 11) is -28.8. The summed E-state index contributed by atoms with van der Waals surface area (Å²) in [6.07, 6.45) is 0.368. The quantitative estimate of drug-likeness (QED) is 0.177. The van der Waals surface area contributed by atoms with Gasteiger partial charge in [-0.05, 0) is 20.3 Å². The first-order valence-electron chi connectivity index (χ1n) is 11.9. The van der Waals surface area contributed by atoms with E-state index < -0.39 is 74.8 Å². The van der Waals surface area contributed by atoms with Crippen LogP contribution in [0.5, 0.6) is 0 Å². The molecule has 8 bridgehead atoms. The van der Waals surface area contributed by atoms with Crippen molar-refractivity contribution in [1.82, 2.24) is 0 Å². The predicted molar refractivity (Wildman–Crippen MR) is 143 cm³/mol. The van der Waals surface area contributed by atoms with Crippen LogP contribution in [-0.2, 0) is 58.9 Å². The van der Waals surface area contributed by atoms with Crippen LogP contribution < -0.4 is 0 Å². The van der Waals surface area contributed by atoms with Crippen molar-refractivity contribution < 1.29 is 58.9 Å². The lowest BCUT2D eigenvalue weighted by atomic mass is 10.2. The van der Waals surface area contributed by atoms with Gasteiger partial charge in [-0.1, -0.05) is 15.9 Å². The Morgan fingerprint density at radius 3 is 1.14 bits per heavy atom. The average Bonchev–Trinajstić information content (AvgIpc) is 2.55. The highest BCUT2D eigenvalue weighted by Gasteiger charge is 2.78. The largest absolute Gasteiger partial charge is 0.478 e. The first-order valence-corrected chi connectivity index (χ1v) is 30.2. The molecular formula is C14H33BrO14Si8. The molecule has 0 unspecified atom stereocenters. The van der Waals surface area contributed by atoms with Gasteiger partial charge in [-0.25, -0.2) is 0 Å². The van der Waals surface area contributed by atoms with Crippen LogP contribution in [0.3, 0.4) is 0 Å². The third-order valence-corrected chi connectivity index (χ3v) is 41.9. The summed E-state index contributed by atoms with van der Waals surface area (Å²) in [5.41, 5.74) is 0. The average molecular weight is 730 g/mol. The second-order valence-electron chi connectivity index (χ2n) is 10.7. The SMILES string of the molecule is CC(C)(Br)C(=O)OCCC[Si]12O[Si]3(C)O[Si]4(C)O[Si]5(C)O[Si](C)(O3)O[Si](C)(O[Si](C)(O5)O[Si](C)(O4)O1)O2. The lowest BCUT2D eigenvalue weighted by molar-refractivity contribution is -0.145. The molecule has 0 aromatic rings. The summed E-state index contributed by atoms with van der Waals surface area (Å²) in [4.78, 5) is 12.3. The Morgan fingerprint density at radius 2 is 0.865 bits per heavy atom. The second-order valence-corrected chi connectivity index (χ2v) is 36.4. The van der Waals surface area contributed by atoms with Crippen molar-refractivity contribution in [2.24, 2.45) is 0 Å². The third-order valence-electron chi connectivity index (χ3n) is 5.71. The molecule has 0 spiro atoms. The van der Waals surface area contributed by atoms with E-state index in [-0.39, 0.29) is 18.6 Å². The topological polar surface area (TPSA) is 137 Å². The van der Waals surface area contributed by atoms with E-state index >= 15 is 0 Å². The molecule has 0 aromatic carbocycles. The number of carbonyl (C=O) groups excluding carboxylic acids is 1. The lowest BCUT2D eigenvalue weighted by Gasteiger charge is -2.60. The Labute approximate surface area is 233 Å². The Bertz CT molecular complexity index is 873. The molecule has 0 aromatic heterocycles. The molecule has 0 aliphatic carbocycles. The molecular weight excluding hydrogens is 697 g/mol. The van der Waals surface area contributed by atoms with E-state index in [1.807, 2.05) is 0 Å². The van der Waals surface area contributed by atoms with Crippen molar-refractivity contribution in [3.63, 3.8) is 0 Å². The molecule has 0 radical (unpaired) electrons. The fourth-order valence-electron chi connectivity index (χ4n) is 5.16. The molecule has 0 amide bonds. The summed E-state index contributed by atoms with van der Waals surface area (Å²) in [5.74, 6) is -0.387. The van der Waals surface area contributed by atoms with Crippen LogP contribution in [0.4, 0.5) is 0 Å². The number of hydrogen-bond acceptors (Lipinski definition) is 14. The number of esters is 1. The summed E-state index contributed by atoms with van der Waals surface area (Å²) in [5, 5.41) is 0. The number of ether oxygens (including phenoxy) is 1. The summed E-state index contributed by atoms with van der Waals surface area (Å²) < 4.78 is 83.6. The van der Waals surface area contributed by atoms with Crippen LogP contribution in [0.1, 0.15) is 20.3 Å². The Hall–Kier alpha value is 1.21. The van der Waals surface area contributed by atoms with Crippen LogP contribution >= 0.6 is 15.9 Å². The second kappa shape index (κ2) is 8.86. The van der Waals surface area contributed by atoms with E-state index in [1.165, 1.54) is 0 Å². The normalized spacial score (nSPS) is 53.1. The minimum Gasteiger partial charge on any atom is -0.465 e. The highest BCUT2D eigenvalue weighted by Crippen LogP contribution is 2.48. The highest BCUT2D eigenvalue weighted by atomic mass is 79.9. The molecule has 0 atom stereocenters. The van der Waals surface area contributed by atoms with Gasteiger partial charge < -0.3 is 54.1 Å². The molecule has 0 N–H and O–H groups in total. The maximum Gasteiger partial charge on any atom is 0.478 e. The van der Waals surface area contributed by atoms with E-state index in [9.17, 15) is 4.79 Å². The van der Waals surface area contributed by atoms with E-state index in [1.54, 1.807) is 59.7 Å². The molecule has 6 heterocycles. The molecule has 6 aliphatic heterocycles. The van der Waals surface area contributed by atoms with Crippen molar-refractivity contribution in [3.05, 3.63) is 0 Å². The highest BCUT2D eigenvalue weighted by molar-refractivity contribution is 9.10. The first-order chi connectivity index (χ1) is 16.6. The number of halogens is 1. The van der Waals surface area contributed by atoms with Gasteiger partial charge in [0.25, 0.3) is 0 Å². The zero-order valence-electron chi connectivity index (χ0n) is 22.2. The van der Waals surface area contributed by atoms with Crippen LogP contribution in [0, 0.1) is 0 Å². The van der Waals surface area contributed by atoms with Gasteiger partial charge in [0.05, 0.1) is 6.61 Å². The smallest absolute Gasteiger partial charge is 0.465 e. The molecule has 6 rings (SSSR count). The monoisotopic (exact) mass is 728 g/mol. The van der Waals surface area contributed by atoms with E-state index in [0.717, 1.165) is 0 Å². The van der Waals surface area contributed by atoms with Crippen molar-refractivity contribution in [2.45, 2.75) is 76.5 Å². The summed E-state index contributed by atoms with van der Waals surface area (Å²) in [6, 6.07) is 0.243. The van der Waals surface area contributed by atoms with Crippen LogP contribution in [0.25, 0.3) is 0 Å². The Morgan fingerprint density at radius 1 is 0.595 bits per heavy atom. The van der Waals surface area contributed by atoms with Gasteiger partial charge in [0.15, 0.2) is 0 Å². The van der Waals surface area contributed by atoms with Gasteiger partial charge in [0, 0.05) is 51.9 Å². The standard InChI is InChI=1S/C14H33BrO14Si8/c1-14(2,15)13(16)17-11-10-12-37-27-34(7)21-31(4)18-30(3)19-32(5,23-34)25-36(9,29-37)26-33(6,20-30)24-35(8,22-31)28-37/h10-12H2,1-9H3. The molecule has 6 fully saturated rings. The van der Waals surface area contributed by atoms with Crippen molar-refractivity contribution in [1.29, 1.82) is 0 Å². The van der Waals surface area contributed by atoms with Crippen molar-refractivity contribution >= 4 is 92.3 Å².